The minimum Gasteiger partial charge on any atom is -0.497 e. The minimum atomic E-state index is 0.859. The van der Waals surface area contributed by atoms with Gasteiger partial charge in [0.2, 0.25) is 0 Å². The number of nitrogens with zero attached hydrogens (tertiary/aromatic N) is 3. The Balaban J connectivity index is 1.25. The summed E-state index contributed by atoms with van der Waals surface area (Å²) >= 11 is 1.66. The van der Waals surface area contributed by atoms with Crippen LogP contribution in [0.25, 0.3) is 21.3 Å². The first-order valence-corrected chi connectivity index (χ1v) is 11.6. The summed E-state index contributed by atoms with van der Waals surface area (Å²) in [7, 11) is 1.69. The third-order valence-electron chi connectivity index (χ3n) is 5.92. The third kappa shape index (κ3) is 4.27. The summed E-state index contributed by atoms with van der Waals surface area (Å²) in [5.74, 6) is 1.78. The van der Waals surface area contributed by atoms with Gasteiger partial charge in [-0.3, -0.25) is 4.90 Å². The predicted molar refractivity (Wildman–Crippen MR) is 128 cm³/mol. The van der Waals surface area contributed by atoms with Crippen LogP contribution in [0.2, 0.25) is 0 Å². The van der Waals surface area contributed by atoms with E-state index in [1.807, 2.05) is 12.1 Å². The summed E-state index contributed by atoms with van der Waals surface area (Å²) < 4.78 is 5.29. The number of nitrogens with one attached hydrogen (secondary N) is 1. The van der Waals surface area contributed by atoms with E-state index in [4.69, 9.17) is 4.74 Å². The van der Waals surface area contributed by atoms with Crippen LogP contribution in [-0.4, -0.2) is 41.6 Å². The summed E-state index contributed by atoms with van der Waals surface area (Å²) in [6.45, 7) is 4.17. The van der Waals surface area contributed by atoms with Crippen molar-refractivity contribution in [3.05, 3.63) is 71.4 Å². The molecule has 5 rings (SSSR count). The summed E-state index contributed by atoms with van der Waals surface area (Å²) in [6.07, 6.45) is 3.88. The molecule has 1 aliphatic rings. The van der Waals surface area contributed by atoms with Gasteiger partial charge >= 0.3 is 0 Å². The zero-order valence-corrected chi connectivity index (χ0v) is 18.5. The number of methoxy groups -OCH3 is 1. The lowest BCUT2D eigenvalue weighted by molar-refractivity contribution is 0.253. The fraction of sp³-hybridized carbons (Fsp3) is 0.280. The van der Waals surface area contributed by atoms with Gasteiger partial charge in [0, 0.05) is 37.1 Å². The van der Waals surface area contributed by atoms with E-state index in [9.17, 15) is 0 Å². The number of hydrogen-bond donors (Lipinski definition) is 1. The maximum Gasteiger partial charge on any atom is 0.138 e. The van der Waals surface area contributed by atoms with E-state index in [1.165, 1.54) is 16.7 Å². The van der Waals surface area contributed by atoms with Crippen LogP contribution in [-0.2, 0) is 13.0 Å². The molecule has 0 fully saturated rings. The predicted octanol–water partition coefficient (Wildman–Crippen LogP) is 5.23. The van der Waals surface area contributed by atoms with E-state index < -0.39 is 0 Å². The number of ether oxygens (including phenoxy) is 1. The lowest BCUT2D eigenvalue weighted by Gasteiger charge is -2.28. The van der Waals surface area contributed by atoms with Crippen LogP contribution in [0.3, 0.4) is 0 Å². The molecule has 4 aromatic rings. The second kappa shape index (κ2) is 9.04. The molecule has 1 N–H and O–H groups in total. The topological polar surface area (TPSA) is 50.3 Å². The van der Waals surface area contributed by atoms with Gasteiger partial charge in [-0.2, -0.15) is 0 Å². The summed E-state index contributed by atoms with van der Waals surface area (Å²) in [5.41, 5.74) is 5.29. The smallest absolute Gasteiger partial charge is 0.138 e. The van der Waals surface area contributed by atoms with Gasteiger partial charge in [0.05, 0.1) is 12.5 Å². The van der Waals surface area contributed by atoms with Crippen LogP contribution in [0, 0.1) is 0 Å². The van der Waals surface area contributed by atoms with Crippen LogP contribution >= 0.6 is 11.3 Å². The average Bonchev–Trinajstić information content (AvgIpc) is 3.27. The Morgan fingerprint density at radius 3 is 2.74 bits per heavy atom. The quantitative estimate of drug-likeness (QED) is 0.407. The number of benzene rings is 2. The number of anilines is 1. The van der Waals surface area contributed by atoms with Gasteiger partial charge in [-0.1, -0.05) is 36.4 Å². The number of rotatable bonds is 7. The molecule has 2 aromatic carbocycles. The third-order valence-corrected chi connectivity index (χ3v) is 6.81. The van der Waals surface area contributed by atoms with Crippen LogP contribution in [0.4, 0.5) is 5.82 Å². The van der Waals surface area contributed by atoms with Gasteiger partial charge < -0.3 is 10.1 Å². The van der Waals surface area contributed by atoms with Gasteiger partial charge in [-0.15, -0.1) is 11.3 Å². The van der Waals surface area contributed by atoms with Gasteiger partial charge in [0.1, 0.15) is 22.7 Å². The molecule has 3 heterocycles. The van der Waals surface area contributed by atoms with Crippen LogP contribution in [0.15, 0.2) is 60.2 Å². The summed E-state index contributed by atoms with van der Waals surface area (Å²) in [4.78, 5) is 12.6. The van der Waals surface area contributed by atoms with Crippen molar-refractivity contribution in [1.82, 2.24) is 14.9 Å². The molecule has 5 nitrogen and oxygen atoms in total. The Morgan fingerprint density at radius 1 is 1.06 bits per heavy atom. The lowest BCUT2D eigenvalue weighted by atomic mass is 10.00. The Hall–Kier alpha value is -2.96. The average molecular weight is 431 g/mol. The highest BCUT2D eigenvalue weighted by atomic mass is 32.1. The molecule has 6 heteroatoms. The second-order valence-electron chi connectivity index (χ2n) is 7.86. The largest absolute Gasteiger partial charge is 0.497 e. The van der Waals surface area contributed by atoms with Gasteiger partial charge in [-0.25, -0.2) is 9.97 Å². The van der Waals surface area contributed by atoms with Crippen molar-refractivity contribution < 1.29 is 4.74 Å². The molecule has 0 atom stereocenters. The van der Waals surface area contributed by atoms with E-state index >= 15 is 0 Å². The number of thiophene rings is 1. The summed E-state index contributed by atoms with van der Waals surface area (Å²) in [5, 5.41) is 6.84. The van der Waals surface area contributed by atoms with Crippen molar-refractivity contribution in [2.45, 2.75) is 19.4 Å². The molecule has 0 bridgehead atoms. The van der Waals surface area contributed by atoms with Crippen LogP contribution in [0.5, 0.6) is 5.75 Å². The molecule has 0 saturated carbocycles. The maximum absolute atomic E-state index is 5.29. The molecule has 0 amide bonds. The number of fused-ring (bicyclic) bond motifs is 2. The fourth-order valence-corrected chi connectivity index (χ4v) is 5.16. The van der Waals surface area contributed by atoms with Crippen LogP contribution in [0.1, 0.15) is 17.5 Å². The van der Waals surface area contributed by atoms with E-state index in [2.05, 4.69) is 62.0 Å². The molecule has 0 saturated heterocycles. The van der Waals surface area contributed by atoms with Crippen molar-refractivity contribution in [3.8, 4) is 16.9 Å². The normalized spacial score (nSPS) is 13.8. The highest BCUT2D eigenvalue weighted by molar-refractivity contribution is 7.17. The molecule has 0 aliphatic carbocycles. The van der Waals surface area contributed by atoms with Gasteiger partial charge in [-0.05, 0) is 41.7 Å². The molecule has 2 aromatic heterocycles. The van der Waals surface area contributed by atoms with E-state index in [1.54, 1.807) is 24.8 Å². The first kappa shape index (κ1) is 20.0. The first-order valence-electron chi connectivity index (χ1n) is 10.7. The van der Waals surface area contributed by atoms with Crippen molar-refractivity contribution in [2.75, 3.05) is 32.1 Å². The zero-order chi connectivity index (χ0) is 21.0. The molecule has 0 spiro atoms. The van der Waals surface area contributed by atoms with Crippen molar-refractivity contribution in [1.29, 1.82) is 0 Å². The van der Waals surface area contributed by atoms with Gasteiger partial charge in [0.15, 0.2) is 0 Å². The zero-order valence-electron chi connectivity index (χ0n) is 17.7. The Bertz CT molecular complexity index is 1170. The Labute approximate surface area is 186 Å². The van der Waals surface area contributed by atoms with Crippen LogP contribution < -0.4 is 10.1 Å². The standard InChI is InChI=1S/C25H26N4OS/c1-30-21-9-7-19(8-10-21)22-16-31-25-23(22)24(27-17-28-25)26-12-4-13-29-14-11-18-5-2-3-6-20(18)15-29/h2-3,5-10,16-17H,4,11-15H2,1H3,(H,26,27,28). The van der Waals surface area contributed by atoms with E-state index in [-0.39, 0.29) is 0 Å². The van der Waals surface area contributed by atoms with Gasteiger partial charge in [0.25, 0.3) is 0 Å². The molecule has 1 aliphatic heterocycles. The number of aromatic nitrogens is 2. The highest BCUT2D eigenvalue weighted by Crippen LogP contribution is 2.37. The van der Waals surface area contributed by atoms with Crippen molar-refractivity contribution in [2.24, 2.45) is 0 Å². The lowest BCUT2D eigenvalue weighted by Crippen LogP contribution is -2.32. The van der Waals surface area contributed by atoms with Crippen molar-refractivity contribution in [3.63, 3.8) is 0 Å². The maximum atomic E-state index is 5.29. The van der Waals surface area contributed by atoms with Crippen molar-refractivity contribution >= 4 is 27.4 Å². The van der Waals surface area contributed by atoms with E-state index in [0.29, 0.717) is 0 Å². The molecule has 0 radical (unpaired) electrons. The molecular weight excluding hydrogens is 404 g/mol. The monoisotopic (exact) mass is 430 g/mol. The highest BCUT2D eigenvalue weighted by Gasteiger charge is 2.16. The molecule has 158 valence electrons. The molecule has 0 unspecified atom stereocenters. The molecular formula is C25H26N4OS. The molecule has 31 heavy (non-hydrogen) atoms. The summed E-state index contributed by atoms with van der Waals surface area (Å²) in [6, 6.07) is 17.0. The SMILES string of the molecule is COc1ccc(-c2csc3ncnc(NCCCN4CCc5ccccc5C4)c23)cc1. The Morgan fingerprint density at radius 2 is 1.90 bits per heavy atom. The second-order valence-corrected chi connectivity index (χ2v) is 8.71. The Kier molecular flexibility index (Phi) is 5.82. The fourth-order valence-electron chi connectivity index (χ4n) is 4.25. The number of hydrogen-bond acceptors (Lipinski definition) is 6. The first-order chi connectivity index (χ1) is 15.3. The minimum absolute atomic E-state index is 0.859. The van der Waals surface area contributed by atoms with E-state index in [0.717, 1.165) is 66.4 Å².